The third-order valence-corrected chi connectivity index (χ3v) is 3.67. The summed E-state index contributed by atoms with van der Waals surface area (Å²) < 4.78 is 0. The highest BCUT2D eigenvalue weighted by molar-refractivity contribution is 5.79. The van der Waals surface area contributed by atoms with Crippen LogP contribution in [0.4, 0.5) is 0 Å². The average molecular weight is 207 g/mol. The van der Waals surface area contributed by atoms with Gasteiger partial charge in [0.15, 0.2) is 6.19 Å². The first-order valence-electron chi connectivity index (χ1n) is 5.54. The Morgan fingerprint density at radius 3 is 2.87 bits per heavy atom. The van der Waals surface area contributed by atoms with Crippen molar-refractivity contribution in [3.8, 4) is 6.19 Å². The lowest BCUT2D eigenvalue weighted by Crippen LogP contribution is -2.60. The van der Waals surface area contributed by atoms with Gasteiger partial charge in [-0.15, -0.1) is 0 Å². The maximum atomic E-state index is 11.7. The second kappa shape index (κ2) is 3.41. The van der Waals surface area contributed by atoms with Crippen molar-refractivity contribution in [3.05, 3.63) is 0 Å². The van der Waals surface area contributed by atoms with Gasteiger partial charge in [-0.2, -0.15) is 5.26 Å². The monoisotopic (exact) mass is 207 g/mol. The summed E-state index contributed by atoms with van der Waals surface area (Å²) in [6.07, 6.45) is 4.33. The lowest BCUT2D eigenvalue weighted by atomic mass is 9.69. The van der Waals surface area contributed by atoms with Gasteiger partial charge in [-0.25, -0.2) is 0 Å². The first-order valence-corrected chi connectivity index (χ1v) is 5.54. The molecule has 1 amide bonds. The molecule has 4 heteroatoms. The van der Waals surface area contributed by atoms with Crippen molar-refractivity contribution in [2.24, 2.45) is 11.8 Å². The molecule has 82 valence electrons. The number of carbonyl (C=O) groups is 1. The predicted molar refractivity (Wildman–Crippen MR) is 55.6 cm³/mol. The van der Waals surface area contributed by atoms with Gasteiger partial charge >= 0.3 is 0 Å². The highest BCUT2D eigenvalue weighted by atomic mass is 16.2. The third-order valence-electron chi connectivity index (χ3n) is 3.67. The molecular weight excluding hydrogens is 190 g/mol. The van der Waals surface area contributed by atoms with E-state index in [1.807, 2.05) is 13.8 Å². The Morgan fingerprint density at radius 1 is 1.67 bits per heavy atom. The van der Waals surface area contributed by atoms with E-state index in [4.69, 9.17) is 5.26 Å². The number of hydrogen-bond acceptors (Lipinski definition) is 3. The summed E-state index contributed by atoms with van der Waals surface area (Å²) in [6, 6.07) is 0. The minimum atomic E-state index is -0.0862. The fourth-order valence-corrected chi connectivity index (χ4v) is 2.51. The number of fused-ring (bicyclic) bond motifs is 1. The van der Waals surface area contributed by atoms with Crippen molar-refractivity contribution in [1.82, 2.24) is 10.2 Å². The van der Waals surface area contributed by atoms with Crippen LogP contribution >= 0.6 is 0 Å². The number of nitrogens with one attached hydrogen (secondary N) is 1. The third kappa shape index (κ3) is 1.56. The summed E-state index contributed by atoms with van der Waals surface area (Å²) in [4.78, 5) is 13.4. The van der Waals surface area contributed by atoms with Gasteiger partial charge in [-0.1, -0.05) is 13.8 Å². The van der Waals surface area contributed by atoms with Crippen LogP contribution in [0, 0.1) is 23.3 Å². The summed E-state index contributed by atoms with van der Waals surface area (Å²) in [6.45, 7) is 5.31. The molecule has 1 aliphatic heterocycles. The van der Waals surface area contributed by atoms with Crippen LogP contribution in [0.15, 0.2) is 0 Å². The summed E-state index contributed by atoms with van der Waals surface area (Å²) in [5, 5.41) is 12.0. The molecule has 1 saturated carbocycles. The number of nitrogens with zero attached hydrogens (tertiary/aromatic N) is 2. The lowest BCUT2D eigenvalue weighted by Gasteiger charge is -2.44. The van der Waals surface area contributed by atoms with E-state index in [0.717, 1.165) is 19.4 Å². The van der Waals surface area contributed by atoms with Crippen molar-refractivity contribution < 1.29 is 4.79 Å². The molecule has 2 unspecified atom stereocenters. The first kappa shape index (κ1) is 10.3. The van der Waals surface area contributed by atoms with E-state index in [1.54, 1.807) is 4.90 Å². The molecule has 15 heavy (non-hydrogen) atoms. The predicted octanol–water partition coefficient (Wildman–Crippen LogP) is 0.704. The lowest BCUT2D eigenvalue weighted by molar-refractivity contribution is -0.127. The van der Waals surface area contributed by atoms with E-state index >= 15 is 0 Å². The van der Waals surface area contributed by atoms with Crippen molar-refractivity contribution in [2.45, 2.75) is 32.2 Å². The zero-order valence-electron chi connectivity index (χ0n) is 9.29. The van der Waals surface area contributed by atoms with Gasteiger partial charge in [0.1, 0.15) is 0 Å². The molecule has 4 nitrogen and oxygen atoms in total. The highest BCUT2D eigenvalue weighted by Gasteiger charge is 2.53. The molecule has 2 aliphatic rings. The highest BCUT2D eigenvalue weighted by Crippen LogP contribution is 2.44. The zero-order chi connectivity index (χ0) is 11.1. The van der Waals surface area contributed by atoms with Crippen LogP contribution < -0.4 is 5.32 Å². The molecule has 1 saturated heterocycles. The Labute approximate surface area is 90.2 Å². The number of hydrogen-bond donors (Lipinski definition) is 1. The molecule has 1 aliphatic carbocycles. The molecule has 0 radical (unpaired) electrons. The molecular formula is C11H17N3O. The smallest absolute Gasteiger partial charge is 0.223 e. The normalized spacial score (nSPS) is 33.2. The number of carbonyl (C=O) groups excluding carboxylic acids is 1. The minimum absolute atomic E-state index is 0.0248. The Kier molecular flexibility index (Phi) is 2.34. The van der Waals surface area contributed by atoms with Crippen LogP contribution in [0.5, 0.6) is 0 Å². The van der Waals surface area contributed by atoms with Crippen molar-refractivity contribution >= 4 is 5.91 Å². The number of rotatable bonds is 2. The maximum absolute atomic E-state index is 11.7. The quantitative estimate of drug-likeness (QED) is 0.678. The second-order valence-corrected chi connectivity index (χ2v) is 5.02. The van der Waals surface area contributed by atoms with E-state index in [-0.39, 0.29) is 17.4 Å². The summed E-state index contributed by atoms with van der Waals surface area (Å²) in [5.74, 6) is 0.621. The molecule has 2 atom stereocenters. The van der Waals surface area contributed by atoms with Gasteiger partial charge in [0, 0.05) is 18.4 Å². The fourth-order valence-electron chi connectivity index (χ4n) is 2.51. The van der Waals surface area contributed by atoms with Crippen LogP contribution in [-0.4, -0.2) is 29.4 Å². The Hall–Kier alpha value is -1.24. The van der Waals surface area contributed by atoms with Crippen molar-refractivity contribution in [3.63, 3.8) is 0 Å². The van der Waals surface area contributed by atoms with Crippen LogP contribution in [0.3, 0.4) is 0 Å². The topological polar surface area (TPSA) is 56.1 Å². The van der Waals surface area contributed by atoms with Gasteiger partial charge in [0.2, 0.25) is 5.91 Å². The summed E-state index contributed by atoms with van der Waals surface area (Å²) >= 11 is 0. The zero-order valence-corrected chi connectivity index (χ0v) is 9.29. The molecule has 1 heterocycles. The van der Waals surface area contributed by atoms with E-state index < -0.39 is 0 Å². The molecule has 2 rings (SSSR count). The van der Waals surface area contributed by atoms with Crippen molar-refractivity contribution in [1.29, 1.82) is 5.26 Å². The molecule has 0 bridgehead atoms. The fraction of sp³-hybridized carbons (Fsp3) is 0.818. The van der Waals surface area contributed by atoms with Gasteiger partial charge < -0.3 is 10.2 Å². The number of amides is 1. The van der Waals surface area contributed by atoms with Gasteiger partial charge in [0.25, 0.3) is 0 Å². The average Bonchev–Trinajstić information content (AvgIpc) is 2.42. The molecule has 0 spiro atoms. The first-order chi connectivity index (χ1) is 7.07. The van der Waals surface area contributed by atoms with E-state index in [0.29, 0.717) is 12.5 Å². The van der Waals surface area contributed by atoms with E-state index in [1.165, 1.54) is 0 Å². The van der Waals surface area contributed by atoms with Crippen LogP contribution in [0.2, 0.25) is 0 Å². The molecule has 1 N–H and O–H groups in total. The van der Waals surface area contributed by atoms with Gasteiger partial charge in [-0.3, -0.25) is 4.79 Å². The van der Waals surface area contributed by atoms with Crippen LogP contribution in [0.25, 0.3) is 0 Å². The second-order valence-electron chi connectivity index (χ2n) is 5.02. The molecule has 2 fully saturated rings. The molecule has 0 aromatic heterocycles. The van der Waals surface area contributed by atoms with Gasteiger partial charge in [0.05, 0.1) is 12.1 Å². The van der Waals surface area contributed by atoms with Crippen LogP contribution in [-0.2, 0) is 4.79 Å². The van der Waals surface area contributed by atoms with Gasteiger partial charge in [-0.05, 0) is 12.8 Å². The van der Waals surface area contributed by atoms with E-state index in [2.05, 4.69) is 11.5 Å². The number of likely N-dealkylation sites (tertiary alicyclic amines) is 1. The minimum Gasteiger partial charge on any atom is -0.348 e. The largest absolute Gasteiger partial charge is 0.348 e. The summed E-state index contributed by atoms with van der Waals surface area (Å²) in [7, 11) is 0. The van der Waals surface area contributed by atoms with Crippen LogP contribution in [0.1, 0.15) is 26.7 Å². The Morgan fingerprint density at radius 2 is 2.40 bits per heavy atom. The Balaban J connectivity index is 2.03. The SMILES string of the molecule is CC(C)C(=O)NC12CCC1CN(C#N)C2. The van der Waals surface area contributed by atoms with Crippen molar-refractivity contribution in [2.75, 3.05) is 13.1 Å². The Bertz CT molecular complexity index is 320. The maximum Gasteiger partial charge on any atom is 0.223 e. The summed E-state index contributed by atoms with van der Waals surface area (Å²) in [5.41, 5.74) is -0.0862. The molecule has 0 aromatic carbocycles. The standard InChI is InChI=1S/C11H17N3O/c1-8(2)10(15)13-11-4-3-9(11)5-14(6-11)7-12/h8-9H,3-6H2,1-2H3,(H,13,15). The van der Waals surface area contributed by atoms with E-state index in [9.17, 15) is 4.79 Å². The molecule has 0 aromatic rings. The number of nitriles is 1.